The van der Waals surface area contributed by atoms with Crippen LogP contribution in [0.3, 0.4) is 0 Å². The van der Waals surface area contributed by atoms with Gasteiger partial charge in [-0.15, -0.1) is 53.6 Å². The van der Waals surface area contributed by atoms with E-state index in [1.54, 1.807) is 0 Å². The van der Waals surface area contributed by atoms with Gasteiger partial charge in [-0.25, -0.2) is 4.98 Å². The number of aromatic nitrogens is 2. The molecule has 0 atom stereocenters. The van der Waals surface area contributed by atoms with Crippen LogP contribution in [0.2, 0.25) is 0 Å². The molecule has 3 heterocycles. The smallest absolute Gasteiger partial charge is 0.135 e. The Balaban J connectivity index is 0.00000642. The number of ether oxygens (including phenoxy) is 1. The van der Waals surface area contributed by atoms with E-state index >= 15 is 0 Å². The summed E-state index contributed by atoms with van der Waals surface area (Å²) in [7, 11) is 0. The van der Waals surface area contributed by atoms with E-state index in [1.807, 2.05) is 12.3 Å². The van der Waals surface area contributed by atoms with E-state index in [1.165, 1.54) is 38.9 Å². The second kappa shape index (κ2) is 18.6. The van der Waals surface area contributed by atoms with Crippen LogP contribution in [-0.4, -0.2) is 9.55 Å². The van der Waals surface area contributed by atoms with Crippen molar-refractivity contribution in [1.82, 2.24) is 9.55 Å². The van der Waals surface area contributed by atoms with Crippen molar-refractivity contribution >= 4 is 44.6 Å². The number of anilines is 4. The third-order valence-corrected chi connectivity index (χ3v) is 13.7. The number of hydrogen-bond donors (Lipinski definition) is 0. The van der Waals surface area contributed by atoms with Crippen LogP contribution in [0.15, 0.2) is 121 Å². The molecule has 0 saturated heterocycles. The summed E-state index contributed by atoms with van der Waals surface area (Å²) in [6.07, 6.45) is 1.93. The fraction of sp³-hybridized carbons (Fsp3) is 0.333. The molecule has 2 aromatic heterocycles. The molecule has 8 aromatic rings. The summed E-state index contributed by atoms with van der Waals surface area (Å²) in [6.45, 7) is 36.4. The second-order valence-corrected chi connectivity index (χ2v) is 23.0. The average molecular weight is 1090 g/mol. The molecule has 0 unspecified atom stereocenters. The summed E-state index contributed by atoms with van der Waals surface area (Å²) >= 11 is 0. The SMILES string of the molecule is CC(C)c1cc(C(C)C)c(-c2cccc(N3[CH-]N(c4[c-]c(Oc5[c-]c6c(cc5)c5ccc(C(C)(C)C)cc5n6-c5cc(C(C)(C)C)ccn5)cc(C(C)(C)C)c4)c4ccccc43)c2)c(C(C)C)c1.[Pt]. The van der Waals surface area contributed by atoms with Gasteiger partial charge < -0.3 is 19.1 Å². The molecule has 1 aliphatic rings. The molecule has 0 spiro atoms. The molecule has 0 amide bonds. The third kappa shape index (κ3) is 9.66. The Bertz CT molecular complexity index is 3160. The first-order valence-electron chi connectivity index (χ1n) is 24.6. The van der Waals surface area contributed by atoms with E-state index in [9.17, 15) is 0 Å². The van der Waals surface area contributed by atoms with E-state index in [0.29, 0.717) is 29.3 Å². The van der Waals surface area contributed by atoms with Gasteiger partial charge in [0.15, 0.2) is 0 Å². The first-order valence-corrected chi connectivity index (χ1v) is 24.6. The Morgan fingerprint density at radius 1 is 0.551 bits per heavy atom. The molecule has 5 nitrogen and oxygen atoms in total. The molecule has 1 aliphatic heterocycles. The number of nitrogens with zero attached hydrogens (tertiary/aromatic N) is 4. The van der Waals surface area contributed by atoms with Gasteiger partial charge in [0.1, 0.15) is 5.82 Å². The molecule has 6 heteroatoms. The van der Waals surface area contributed by atoms with Crippen LogP contribution in [0.25, 0.3) is 38.8 Å². The first kappa shape index (κ1) is 49.8. The van der Waals surface area contributed by atoms with Gasteiger partial charge in [-0.3, -0.25) is 0 Å². The zero-order chi connectivity index (χ0) is 48.6. The maximum absolute atomic E-state index is 6.91. The maximum Gasteiger partial charge on any atom is 0.135 e. The molecule has 0 radical (unpaired) electrons. The summed E-state index contributed by atoms with van der Waals surface area (Å²) in [5.41, 5.74) is 16.4. The number of hydrogen-bond acceptors (Lipinski definition) is 4. The quantitative estimate of drug-likeness (QED) is 0.135. The van der Waals surface area contributed by atoms with E-state index < -0.39 is 0 Å². The minimum absolute atomic E-state index is 0. The van der Waals surface area contributed by atoms with Gasteiger partial charge in [0.25, 0.3) is 0 Å². The van der Waals surface area contributed by atoms with E-state index in [4.69, 9.17) is 9.72 Å². The molecule has 0 fully saturated rings. The fourth-order valence-electron chi connectivity index (χ4n) is 9.57. The summed E-state index contributed by atoms with van der Waals surface area (Å²) < 4.78 is 9.17. The van der Waals surface area contributed by atoms with Crippen molar-refractivity contribution < 1.29 is 25.8 Å². The number of benzene rings is 6. The Hall–Kier alpha value is -5.64. The predicted octanol–water partition coefficient (Wildman–Crippen LogP) is 17.9. The van der Waals surface area contributed by atoms with Crippen molar-refractivity contribution in [2.45, 2.75) is 138 Å². The molecule has 0 aliphatic carbocycles. The van der Waals surface area contributed by atoms with Crippen LogP contribution in [0.5, 0.6) is 11.5 Å². The zero-order valence-electron chi connectivity index (χ0n) is 43.4. The van der Waals surface area contributed by atoms with Gasteiger partial charge in [0.2, 0.25) is 0 Å². The van der Waals surface area contributed by atoms with Crippen molar-refractivity contribution in [3.63, 3.8) is 0 Å². The average Bonchev–Trinajstić information content (AvgIpc) is 3.83. The Kier molecular flexibility index (Phi) is 13.4. The van der Waals surface area contributed by atoms with Gasteiger partial charge in [-0.05, 0) is 121 Å². The molecule has 360 valence electrons. The van der Waals surface area contributed by atoms with E-state index in [-0.39, 0.29) is 37.3 Å². The molecule has 0 saturated carbocycles. The van der Waals surface area contributed by atoms with E-state index in [2.05, 4.69) is 246 Å². The van der Waals surface area contributed by atoms with Crippen molar-refractivity contribution in [2.24, 2.45) is 0 Å². The van der Waals surface area contributed by atoms with Gasteiger partial charge in [0, 0.05) is 61.3 Å². The molecule has 0 bridgehead atoms. The minimum Gasteiger partial charge on any atom is -0.509 e. The van der Waals surface area contributed by atoms with E-state index in [0.717, 1.165) is 55.9 Å². The zero-order valence-corrected chi connectivity index (χ0v) is 45.6. The van der Waals surface area contributed by atoms with Crippen LogP contribution in [0.1, 0.15) is 155 Å². The van der Waals surface area contributed by atoms with Crippen LogP contribution in [-0.2, 0) is 37.3 Å². The Morgan fingerprint density at radius 2 is 1.17 bits per heavy atom. The summed E-state index contributed by atoms with van der Waals surface area (Å²) in [6, 6.07) is 49.9. The van der Waals surface area contributed by atoms with Gasteiger partial charge in [-0.2, -0.15) is 6.07 Å². The van der Waals surface area contributed by atoms with Gasteiger partial charge >= 0.3 is 0 Å². The molecule has 69 heavy (non-hydrogen) atoms. The van der Waals surface area contributed by atoms with Crippen LogP contribution in [0.4, 0.5) is 22.7 Å². The fourth-order valence-corrected chi connectivity index (χ4v) is 9.57. The van der Waals surface area contributed by atoms with Crippen LogP contribution < -0.4 is 14.5 Å². The normalized spacial score (nSPS) is 13.3. The maximum atomic E-state index is 6.91. The largest absolute Gasteiger partial charge is 0.509 e. The number of fused-ring (bicyclic) bond motifs is 4. The first-order chi connectivity index (χ1) is 32.1. The summed E-state index contributed by atoms with van der Waals surface area (Å²) in [5.74, 6) is 3.34. The molecular weight excluding hydrogens is 1020 g/mol. The predicted molar refractivity (Wildman–Crippen MR) is 288 cm³/mol. The molecule has 9 rings (SSSR count). The number of pyridine rings is 1. The van der Waals surface area contributed by atoms with Crippen molar-refractivity contribution in [3.05, 3.63) is 174 Å². The second-order valence-electron chi connectivity index (χ2n) is 23.0. The van der Waals surface area contributed by atoms with Crippen LogP contribution >= 0.6 is 0 Å². The van der Waals surface area contributed by atoms with Crippen molar-refractivity contribution in [1.29, 1.82) is 0 Å². The minimum atomic E-state index is -0.169. The topological polar surface area (TPSA) is 33.5 Å². The van der Waals surface area contributed by atoms with Gasteiger partial charge in [0.05, 0.1) is 0 Å². The van der Waals surface area contributed by atoms with Crippen molar-refractivity contribution in [2.75, 3.05) is 9.80 Å². The standard InChI is InChI=1S/C63H69N4O.Pt/c1-39(2)43-30-53(40(3)4)60(54(31-43)41(5)6)42-19-18-20-47(29-42)65-38-66(56-22-17-16-21-55(56)65)48-32-46(63(13,14)15)33-50(36-48)68-49-24-26-52-51-25-23-44(61(7,8)9)34-57(51)67(58(52)37-49)59-35-45(27-28-64-59)62(10,11)12;/h16-35,38-41H,1-15H3;/q-3;. The molecular formula is C63H69N4OPt-3. The Morgan fingerprint density at radius 3 is 1.80 bits per heavy atom. The summed E-state index contributed by atoms with van der Waals surface area (Å²) in [4.78, 5) is 9.55. The third-order valence-electron chi connectivity index (χ3n) is 13.7. The van der Waals surface area contributed by atoms with Crippen LogP contribution in [0, 0.1) is 18.8 Å². The monoisotopic (exact) mass is 1090 g/mol. The molecule has 6 aromatic carbocycles. The summed E-state index contributed by atoms with van der Waals surface area (Å²) in [5, 5.41) is 2.26. The van der Waals surface area contributed by atoms with Gasteiger partial charge in [-0.1, -0.05) is 158 Å². The number of para-hydroxylation sites is 2. The Labute approximate surface area is 427 Å². The molecule has 0 N–H and O–H groups in total. The number of rotatable bonds is 9. The van der Waals surface area contributed by atoms with Crippen molar-refractivity contribution in [3.8, 4) is 28.4 Å².